The summed E-state index contributed by atoms with van der Waals surface area (Å²) in [6.45, 7) is 1.77. The van der Waals surface area contributed by atoms with Crippen LogP contribution in [0.2, 0.25) is 0 Å². The first kappa shape index (κ1) is 14.2. The predicted molar refractivity (Wildman–Crippen MR) is 67.8 cm³/mol. The molecule has 0 amide bonds. The van der Waals surface area contributed by atoms with Crippen molar-refractivity contribution in [2.75, 3.05) is 0 Å². The normalized spacial score (nSPS) is 22.8. The molecule has 0 saturated carbocycles. The van der Waals surface area contributed by atoms with Gasteiger partial charge in [-0.1, -0.05) is 11.8 Å². The van der Waals surface area contributed by atoms with E-state index in [0.717, 1.165) is 24.0 Å². The maximum absolute atomic E-state index is 12.7. The van der Waals surface area contributed by atoms with E-state index in [0.29, 0.717) is 12.1 Å². The van der Waals surface area contributed by atoms with Gasteiger partial charge in [0.15, 0.2) is 10.8 Å². The fourth-order valence-electron chi connectivity index (χ4n) is 2.06. The van der Waals surface area contributed by atoms with Gasteiger partial charge < -0.3 is 4.74 Å². The second kappa shape index (κ2) is 4.90. The number of fused-ring (bicyclic) bond motifs is 1. The number of rotatable bonds is 2. The molecule has 21 heavy (non-hydrogen) atoms. The summed E-state index contributed by atoms with van der Waals surface area (Å²) in [4.78, 5) is 11.6. The highest BCUT2D eigenvalue weighted by atomic mass is 32.2. The predicted octanol–water partition coefficient (Wildman–Crippen LogP) is 2.54. The fourth-order valence-corrected chi connectivity index (χ4v) is 3.18. The highest BCUT2D eigenvalue weighted by molar-refractivity contribution is 8.00. The van der Waals surface area contributed by atoms with Crippen LogP contribution in [0, 0.1) is 0 Å². The van der Waals surface area contributed by atoms with Crippen LogP contribution >= 0.6 is 11.8 Å². The van der Waals surface area contributed by atoms with E-state index < -0.39 is 17.0 Å². The number of halogens is 3. The van der Waals surface area contributed by atoms with Crippen molar-refractivity contribution < 1.29 is 22.7 Å². The number of esters is 1. The van der Waals surface area contributed by atoms with Crippen molar-refractivity contribution in [3.8, 4) is 0 Å². The average molecular weight is 317 g/mol. The monoisotopic (exact) mass is 317 g/mol. The number of pyridine rings is 1. The van der Waals surface area contributed by atoms with Crippen molar-refractivity contribution in [2.24, 2.45) is 0 Å². The third-order valence-corrected chi connectivity index (χ3v) is 4.23. The van der Waals surface area contributed by atoms with E-state index >= 15 is 0 Å². The highest BCUT2D eigenvalue weighted by Gasteiger charge is 2.35. The number of cyclic esters (lactones) is 1. The minimum absolute atomic E-state index is 0.195. The lowest BCUT2D eigenvalue weighted by Gasteiger charge is -2.08. The number of alkyl halides is 3. The van der Waals surface area contributed by atoms with Gasteiger partial charge in [-0.3, -0.25) is 9.20 Å². The van der Waals surface area contributed by atoms with E-state index in [1.54, 1.807) is 6.92 Å². The van der Waals surface area contributed by atoms with E-state index in [1.165, 1.54) is 10.5 Å². The third-order valence-electron chi connectivity index (χ3n) is 3.07. The zero-order valence-electron chi connectivity index (χ0n) is 10.8. The Morgan fingerprint density at radius 3 is 2.76 bits per heavy atom. The number of thioether (sulfide) groups is 1. The van der Waals surface area contributed by atoms with Gasteiger partial charge in [-0.15, -0.1) is 10.2 Å². The van der Waals surface area contributed by atoms with E-state index in [2.05, 4.69) is 10.2 Å². The maximum atomic E-state index is 12.7. The summed E-state index contributed by atoms with van der Waals surface area (Å²) >= 11 is 1.07. The second-order valence-electron chi connectivity index (χ2n) is 4.72. The Morgan fingerprint density at radius 1 is 1.38 bits per heavy atom. The molecule has 9 heteroatoms. The first-order chi connectivity index (χ1) is 9.84. The highest BCUT2D eigenvalue weighted by Crippen LogP contribution is 2.33. The van der Waals surface area contributed by atoms with Gasteiger partial charge in [0.05, 0.1) is 5.56 Å². The molecule has 112 valence electrons. The maximum Gasteiger partial charge on any atom is 0.417 e. The van der Waals surface area contributed by atoms with Crippen molar-refractivity contribution in [1.29, 1.82) is 0 Å². The molecule has 0 spiro atoms. The van der Waals surface area contributed by atoms with Gasteiger partial charge in [-0.05, 0) is 19.1 Å². The van der Waals surface area contributed by atoms with Crippen molar-refractivity contribution in [3.63, 3.8) is 0 Å². The summed E-state index contributed by atoms with van der Waals surface area (Å²) in [7, 11) is 0. The van der Waals surface area contributed by atoms with Crippen LogP contribution in [0.25, 0.3) is 5.65 Å². The number of aromatic nitrogens is 3. The lowest BCUT2D eigenvalue weighted by atomic mass is 10.3. The van der Waals surface area contributed by atoms with Crippen LogP contribution in [0.3, 0.4) is 0 Å². The molecule has 0 aromatic carbocycles. The number of hydrogen-bond acceptors (Lipinski definition) is 5. The largest absolute Gasteiger partial charge is 0.462 e. The molecule has 0 bridgehead atoms. The average Bonchev–Trinajstić information content (AvgIpc) is 2.93. The minimum atomic E-state index is -4.44. The Labute approximate surface area is 121 Å². The Hall–Kier alpha value is -1.77. The molecule has 3 heterocycles. The molecule has 5 nitrogen and oxygen atoms in total. The standard InChI is InChI=1S/C12H10F3N3O2S/c1-6-4-8(10(19)20-6)21-11-17-16-9-3-2-7(5-18(9)11)12(13,14)15/h2-3,5-6,8H,4H2,1H3/t6-,8+/m1/s1. The van der Waals surface area contributed by atoms with Crippen molar-refractivity contribution in [1.82, 2.24) is 14.6 Å². The molecule has 3 rings (SSSR count). The zero-order valence-corrected chi connectivity index (χ0v) is 11.6. The molecule has 0 N–H and O–H groups in total. The number of ether oxygens (including phenoxy) is 1. The van der Waals surface area contributed by atoms with Gasteiger partial charge >= 0.3 is 12.1 Å². The lowest BCUT2D eigenvalue weighted by Crippen LogP contribution is -2.11. The van der Waals surface area contributed by atoms with E-state index in [-0.39, 0.29) is 17.2 Å². The first-order valence-electron chi connectivity index (χ1n) is 6.14. The smallest absolute Gasteiger partial charge is 0.417 e. The molecule has 0 aliphatic carbocycles. The molecular weight excluding hydrogens is 307 g/mol. The lowest BCUT2D eigenvalue weighted by molar-refractivity contribution is -0.140. The summed E-state index contributed by atoms with van der Waals surface area (Å²) in [6.07, 6.45) is -3.21. The molecule has 2 aromatic rings. The van der Waals surface area contributed by atoms with Crippen molar-refractivity contribution in [2.45, 2.75) is 36.0 Å². The van der Waals surface area contributed by atoms with E-state index in [9.17, 15) is 18.0 Å². The van der Waals surface area contributed by atoms with Crippen LogP contribution in [-0.2, 0) is 15.7 Å². The number of hydrogen-bond donors (Lipinski definition) is 0. The fraction of sp³-hybridized carbons (Fsp3) is 0.417. The Kier molecular flexibility index (Phi) is 3.31. The topological polar surface area (TPSA) is 56.5 Å². The SMILES string of the molecule is C[C@@H]1C[C@H](Sc2nnc3ccc(C(F)(F)F)cn23)C(=O)O1. The van der Waals surface area contributed by atoms with Crippen LogP contribution in [0.5, 0.6) is 0 Å². The molecule has 1 fully saturated rings. The Morgan fingerprint density at radius 2 is 2.14 bits per heavy atom. The van der Waals surface area contributed by atoms with Gasteiger partial charge in [-0.2, -0.15) is 13.2 Å². The van der Waals surface area contributed by atoms with Crippen LogP contribution < -0.4 is 0 Å². The summed E-state index contributed by atoms with van der Waals surface area (Å²) in [5, 5.41) is 7.42. The summed E-state index contributed by atoms with van der Waals surface area (Å²) in [5.41, 5.74) is -0.496. The van der Waals surface area contributed by atoms with Crippen molar-refractivity contribution in [3.05, 3.63) is 23.9 Å². The van der Waals surface area contributed by atoms with Crippen LogP contribution in [0.4, 0.5) is 13.2 Å². The van der Waals surface area contributed by atoms with Gasteiger partial charge in [-0.25, -0.2) is 0 Å². The van der Waals surface area contributed by atoms with E-state index in [1.807, 2.05) is 0 Å². The van der Waals surface area contributed by atoms with Gasteiger partial charge in [0.1, 0.15) is 11.4 Å². The molecule has 0 unspecified atom stereocenters. The number of carbonyl (C=O) groups is 1. The Bertz CT molecular complexity index is 701. The van der Waals surface area contributed by atoms with Crippen molar-refractivity contribution >= 4 is 23.4 Å². The van der Waals surface area contributed by atoms with Crippen LogP contribution in [0.15, 0.2) is 23.5 Å². The zero-order chi connectivity index (χ0) is 15.2. The quantitative estimate of drug-likeness (QED) is 0.797. The molecule has 0 radical (unpaired) electrons. The second-order valence-corrected chi connectivity index (χ2v) is 5.89. The molecular formula is C12H10F3N3O2S. The molecule has 2 aromatic heterocycles. The van der Waals surface area contributed by atoms with E-state index in [4.69, 9.17) is 4.74 Å². The third kappa shape index (κ3) is 2.69. The summed E-state index contributed by atoms with van der Waals surface area (Å²) < 4.78 is 44.5. The van der Waals surface area contributed by atoms with Gasteiger partial charge in [0.25, 0.3) is 0 Å². The Balaban J connectivity index is 1.94. The van der Waals surface area contributed by atoms with Crippen LogP contribution in [-0.4, -0.2) is 31.9 Å². The van der Waals surface area contributed by atoms with Crippen LogP contribution in [0.1, 0.15) is 18.9 Å². The molecule has 2 atom stereocenters. The minimum Gasteiger partial charge on any atom is -0.462 e. The first-order valence-corrected chi connectivity index (χ1v) is 7.01. The van der Waals surface area contributed by atoms with Gasteiger partial charge in [0.2, 0.25) is 0 Å². The molecule has 1 aliphatic heterocycles. The summed E-state index contributed by atoms with van der Waals surface area (Å²) in [5.74, 6) is -0.378. The van der Waals surface area contributed by atoms with Gasteiger partial charge in [0, 0.05) is 12.6 Å². The summed E-state index contributed by atoms with van der Waals surface area (Å²) in [6, 6.07) is 2.19. The number of carbonyl (C=O) groups excluding carboxylic acids is 1. The number of nitrogens with zero attached hydrogens (tertiary/aromatic N) is 3. The molecule has 1 saturated heterocycles. The molecule has 1 aliphatic rings.